The highest BCUT2D eigenvalue weighted by atomic mass is 79.9. The lowest BCUT2D eigenvalue weighted by molar-refractivity contribution is 0.0601. The van der Waals surface area contributed by atoms with Crippen molar-refractivity contribution >= 4 is 15.9 Å². The second kappa shape index (κ2) is 8.69. The molecular weight excluding hydrogens is 306 g/mol. The molecule has 1 N–H and O–H groups in total. The normalized spacial score (nSPS) is 13.2. The summed E-state index contributed by atoms with van der Waals surface area (Å²) < 4.78 is 6.54. The molecule has 108 valence electrons. The second-order valence-electron chi connectivity index (χ2n) is 5.08. The Labute approximate surface area is 124 Å². The zero-order valence-electron chi connectivity index (χ0n) is 12.0. The van der Waals surface area contributed by atoms with Gasteiger partial charge in [-0.3, -0.25) is 0 Å². The number of hydrogen-bond donors (Lipinski definition) is 1. The summed E-state index contributed by atoms with van der Waals surface area (Å²) in [5, 5.41) is 10.1. The first kappa shape index (κ1) is 16.6. The van der Waals surface area contributed by atoms with Gasteiger partial charge in [-0.15, -0.1) is 0 Å². The number of aliphatic hydroxyl groups is 1. The van der Waals surface area contributed by atoms with Gasteiger partial charge < -0.3 is 14.7 Å². The number of nitrogens with zero attached hydrogens (tertiary/aromatic N) is 1. The maximum atomic E-state index is 10.1. The van der Waals surface area contributed by atoms with Crippen molar-refractivity contribution in [3.05, 3.63) is 34.3 Å². The van der Waals surface area contributed by atoms with Crippen LogP contribution in [0.4, 0.5) is 0 Å². The summed E-state index contributed by atoms with van der Waals surface area (Å²) in [4.78, 5) is 2.18. The van der Waals surface area contributed by atoms with Gasteiger partial charge in [-0.25, -0.2) is 0 Å². The molecule has 0 radical (unpaired) electrons. The molecule has 1 aromatic carbocycles. The molecule has 4 heteroatoms. The molecule has 0 aliphatic rings. The van der Waals surface area contributed by atoms with E-state index in [0.717, 1.165) is 36.2 Å². The summed E-state index contributed by atoms with van der Waals surface area (Å²) >= 11 is 3.39. The van der Waals surface area contributed by atoms with E-state index in [9.17, 15) is 5.11 Å². The molecule has 0 fully saturated rings. The van der Waals surface area contributed by atoms with Crippen LogP contribution in [0.15, 0.2) is 28.7 Å². The van der Waals surface area contributed by atoms with Crippen LogP contribution in [-0.4, -0.2) is 42.9 Å². The number of benzene rings is 1. The number of ether oxygens (including phenoxy) is 1. The first-order chi connectivity index (χ1) is 8.99. The molecule has 0 aromatic heterocycles. The molecule has 1 rings (SSSR count). The van der Waals surface area contributed by atoms with Crippen LogP contribution in [0.5, 0.6) is 0 Å². The minimum absolute atomic E-state index is 0.279. The van der Waals surface area contributed by atoms with Crippen molar-refractivity contribution in [3.63, 3.8) is 0 Å². The Balaban J connectivity index is 2.25. The number of halogens is 1. The molecule has 0 aliphatic carbocycles. The van der Waals surface area contributed by atoms with Crippen LogP contribution in [0.2, 0.25) is 0 Å². The minimum Gasteiger partial charge on any atom is -0.388 e. The fourth-order valence-electron chi connectivity index (χ4n) is 1.75. The molecular formula is C15H24BrNO2. The summed E-state index contributed by atoms with van der Waals surface area (Å²) in [6.07, 6.45) is 0.614. The van der Waals surface area contributed by atoms with E-state index < -0.39 is 6.10 Å². The second-order valence-corrected chi connectivity index (χ2v) is 5.99. The molecule has 1 aromatic rings. The highest BCUT2D eigenvalue weighted by Crippen LogP contribution is 2.19. The maximum Gasteiger partial charge on any atom is 0.0802 e. The zero-order valence-corrected chi connectivity index (χ0v) is 13.6. The average Bonchev–Trinajstić information content (AvgIpc) is 2.36. The van der Waals surface area contributed by atoms with Crippen LogP contribution in [0.1, 0.15) is 31.9 Å². The zero-order chi connectivity index (χ0) is 14.3. The number of likely N-dealkylation sites (N-methyl/N-ethyl adjacent to an activating group) is 1. The lowest BCUT2D eigenvalue weighted by Crippen LogP contribution is -2.26. The van der Waals surface area contributed by atoms with E-state index in [1.807, 2.05) is 38.1 Å². The van der Waals surface area contributed by atoms with Gasteiger partial charge in [0.25, 0.3) is 0 Å². The summed E-state index contributed by atoms with van der Waals surface area (Å²) in [5.74, 6) is 0. The quantitative estimate of drug-likeness (QED) is 0.794. The molecule has 1 unspecified atom stereocenters. The molecule has 0 aliphatic heterocycles. The van der Waals surface area contributed by atoms with Gasteiger partial charge in [0.2, 0.25) is 0 Å². The van der Waals surface area contributed by atoms with Gasteiger partial charge in [0.1, 0.15) is 0 Å². The molecule has 0 bridgehead atoms. The Morgan fingerprint density at radius 3 is 2.42 bits per heavy atom. The summed E-state index contributed by atoms with van der Waals surface area (Å²) in [5.41, 5.74) is 0.968. The Morgan fingerprint density at radius 2 is 1.84 bits per heavy atom. The molecule has 1 atom stereocenters. The highest BCUT2D eigenvalue weighted by molar-refractivity contribution is 9.10. The van der Waals surface area contributed by atoms with Crippen molar-refractivity contribution < 1.29 is 9.84 Å². The fraction of sp³-hybridized carbons (Fsp3) is 0.600. The monoisotopic (exact) mass is 329 g/mol. The van der Waals surface area contributed by atoms with Crippen molar-refractivity contribution in [2.75, 3.05) is 26.7 Å². The fourth-order valence-corrected chi connectivity index (χ4v) is 2.01. The Hall–Kier alpha value is -0.420. The molecule has 19 heavy (non-hydrogen) atoms. The average molecular weight is 330 g/mol. The van der Waals surface area contributed by atoms with Gasteiger partial charge in [0, 0.05) is 17.6 Å². The van der Waals surface area contributed by atoms with E-state index in [1.165, 1.54) is 0 Å². The first-order valence-corrected chi connectivity index (χ1v) is 7.52. The third-order valence-electron chi connectivity index (χ3n) is 2.96. The van der Waals surface area contributed by atoms with E-state index in [-0.39, 0.29) is 6.10 Å². The van der Waals surface area contributed by atoms with Crippen molar-refractivity contribution in [1.29, 1.82) is 0 Å². The van der Waals surface area contributed by atoms with Crippen LogP contribution >= 0.6 is 15.9 Å². The van der Waals surface area contributed by atoms with E-state index in [4.69, 9.17) is 4.74 Å². The van der Waals surface area contributed by atoms with Crippen molar-refractivity contribution in [1.82, 2.24) is 4.90 Å². The standard InChI is InChI=1S/C15H24BrNO2/c1-12(2)19-11-10-17(3)9-8-15(18)13-4-6-14(16)7-5-13/h4-7,12,15,18H,8-11H2,1-3H3. The van der Waals surface area contributed by atoms with Crippen LogP contribution in [0, 0.1) is 0 Å². The van der Waals surface area contributed by atoms with Crippen LogP contribution in [0.25, 0.3) is 0 Å². The number of rotatable bonds is 8. The molecule has 0 amide bonds. The third-order valence-corrected chi connectivity index (χ3v) is 3.49. The number of aliphatic hydroxyl groups excluding tert-OH is 1. The molecule has 3 nitrogen and oxygen atoms in total. The lowest BCUT2D eigenvalue weighted by Gasteiger charge is -2.19. The number of hydrogen-bond acceptors (Lipinski definition) is 3. The van der Waals surface area contributed by atoms with Crippen LogP contribution < -0.4 is 0 Å². The van der Waals surface area contributed by atoms with Gasteiger partial charge in [-0.1, -0.05) is 28.1 Å². The maximum absolute atomic E-state index is 10.1. The van der Waals surface area contributed by atoms with E-state index in [0.29, 0.717) is 0 Å². The topological polar surface area (TPSA) is 32.7 Å². The van der Waals surface area contributed by atoms with E-state index in [1.54, 1.807) is 0 Å². The first-order valence-electron chi connectivity index (χ1n) is 6.72. The van der Waals surface area contributed by atoms with Crippen molar-refractivity contribution in [2.45, 2.75) is 32.5 Å². The van der Waals surface area contributed by atoms with E-state index >= 15 is 0 Å². The van der Waals surface area contributed by atoms with Gasteiger partial charge in [-0.2, -0.15) is 0 Å². The molecule has 0 saturated carbocycles. The van der Waals surface area contributed by atoms with Crippen LogP contribution in [0.3, 0.4) is 0 Å². The predicted octanol–water partition coefficient (Wildman–Crippen LogP) is 3.23. The summed E-state index contributed by atoms with van der Waals surface area (Å²) in [6.45, 7) is 6.57. The SMILES string of the molecule is CC(C)OCCN(C)CCC(O)c1ccc(Br)cc1. The van der Waals surface area contributed by atoms with Gasteiger partial charge >= 0.3 is 0 Å². The molecule has 0 heterocycles. The predicted molar refractivity (Wildman–Crippen MR) is 82.3 cm³/mol. The van der Waals surface area contributed by atoms with Crippen molar-refractivity contribution in [3.8, 4) is 0 Å². The Morgan fingerprint density at radius 1 is 1.21 bits per heavy atom. The highest BCUT2D eigenvalue weighted by Gasteiger charge is 2.09. The van der Waals surface area contributed by atoms with E-state index in [2.05, 4.69) is 27.9 Å². The summed E-state index contributed by atoms with van der Waals surface area (Å²) in [6, 6.07) is 7.82. The minimum atomic E-state index is -0.401. The third kappa shape index (κ3) is 7.06. The van der Waals surface area contributed by atoms with Gasteiger partial charge in [0.05, 0.1) is 18.8 Å². The smallest absolute Gasteiger partial charge is 0.0802 e. The lowest BCUT2D eigenvalue weighted by atomic mass is 10.1. The van der Waals surface area contributed by atoms with Gasteiger partial charge in [0.15, 0.2) is 0 Å². The Bertz CT molecular complexity index is 354. The Kier molecular flexibility index (Phi) is 7.61. The molecule has 0 saturated heterocycles. The van der Waals surface area contributed by atoms with Gasteiger partial charge in [-0.05, 0) is 45.0 Å². The summed E-state index contributed by atoms with van der Waals surface area (Å²) in [7, 11) is 2.05. The molecule has 0 spiro atoms. The van der Waals surface area contributed by atoms with Crippen molar-refractivity contribution in [2.24, 2.45) is 0 Å². The van der Waals surface area contributed by atoms with Crippen LogP contribution in [-0.2, 0) is 4.74 Å². The largest absolute Gasteiger partial charge is 0.388 e.